The van der Waals surface area contributed by atoms with Crippen LogP contribution in [0.2, 0.25) is 0 Å². The van der Waals surface area contributed by atoms with Crippen LogP contribution in [-0.2, 0) is 0 Å². The van der Waals surface area contributed by atoms with Gasteiger partial charge in [0.05, 0.1) is 6.73 Å². The quantitative estimate of drug-likeness (QED) is 0.531. The fourth-order valence-electron chi connectivity index (χ4n) is 1.10. The summed E-state index contributed by atoms with van der Waals surface area (Å²) in [4.78, 5) is 1.26. The Labute approximate surface area is 83.4 Å². The first-order valence-electron chi connectivity index (χ1n) is 4.35. The largest absolute Gasteiger partial charge is 0.381 e. The SMILES string of the molecule is C/C=C/C1C=CC=C(CNCO)S1. The van der Waals surface area contributed by atoms with E-state index in [2.05, 4.69) is 35.7 Å². The van der Waals surface area contributed by atoms with Crippen molar-refractivity contribution in [2.45, 2.75) is 12.2 Å². The van der Waals surface area contributed by atoms with Crippen molar-refractivity contribution < 1.29 is 5.11 Å². The van der Waals surface area contributed by atoms with E-state index in [4.69, 9.17) is 5.11 Å². The molecule has 0 saturated carbocycles. The molecule has 0 aromatic carbocycles. The summed E-state index contributed by atoms with van der Waals surface area (Å²) >= 11 is 1.81. The first-order chi connectivity index (χ1) is 6.36. The second kappa shape index (κ2) is 6.02. The number of aliphatic hydroxyl groups is 1. The molecule has 1 unspecified atom stereocenters. The number of allylic oxidation sites excluding steroid dienone is 3. The predicted molar refractivity (Wildman–Crippen MR) is 58.5 cm³/mol. The molecule has 1 atom stereocenters. The molecule has 1 heterocycles. The Kier molecular flexibility index (Phi) is 4.90. The second-order valence-electron chi connectivity index (χ2n) is 2.71. The van der Waals surface area contributed by atoms with Gasteiger partial charge in [-0.3, -0.25) is 5.32 Å². The molecule has 0 bridgehead atoms. The predicted octanol–water partition coefficient (Wildman–Crippen LogP) is 1.66. The highest BCUT2D eigenvalue weighted by Crippen LogP contribution is 2.26. The topological polar surface area (TPSA) is 32.3 Å². The number of thioether (sulfide) groups is 1. The highest BCUT2D eigenvalue weighted by atomic mass is 32.2. The van der Waals surface area contributed by atoms with Crippen molar-refractivity contribution in [2.75, 3.05) is 13.3 Å². The van der Waals surface area contributed by atoms with Crippen molar-refractivity contribution in [3.63, 3.8) is 0 Å². The maximum atomic E-state index is 8.59. The standard InChI is InChI=1S/C10H15NOS/c1-2-4-9-5-3-6-10(13-9)7-11-8-12/h2-6,9,11-12H,7-8H2,1H3/b4-2+. The van der Waals surface area contributed by atoms with Crippen LogP contribution in [0.5, 0.6) is 0 Å². The zero-order chi connectivity index (χ0) is 9.52. The molecule has 0 saturated heterocycles. The number of nitrogens with one attached hydrogen (secondary N) is 1. The van der Waals surface area contributed by atoms with Crippen LogP contribution in [0.3, 0.4) is 0 Å². The van der Waals surface area contributed by atoms with Gasteiger partial charge in [0, 0.05) is 11.8 Å². The monoisotopic (exact) mass is 197 g/mol. The van der Waals surface area contributed by atoms with E-state index in [1.165, 1.54) is 4.91 Å². The molecule has 0 aliphatic carbocycles. The third-order valence-electron chi connectivity index (χ3n) is 1.66. The molecule has 0 aromatic heterocycles. The van der Waals surface area contributed by atoms with E-state index in [-0.39, 0.29) is 6.73 Å². The van der Waals surface area contributed by atoms with Crippen molar-refractivity contribution in [3.8, 4) is 0 Å². The van der Waals surface area contributed by atoms with Crippen molar-refractivity contribution >= 4 is 11.8 Å². The second-order valence-corrected chi connectivity index (χ2v) is 4.02. The van der Waals surface area contributed by atoms with E-state index in [0.717, 1.165) is 6.54 Å². The molecule has 0 aromatic rings. The van der Waals surface area contributed by atoms with Gasteiger partial charge in [-0.25, -0.2) is 0 Å². The fourth-order valence-corrected chi connectivity index (χ4v) is 2.20. The van der Waals surface area contributed by atoms with Crippen molar-refractivity contribution in [3.05, 3.63) is 35.3 Å². The van der Waals surface area contributed by atoms with E-state index in [9.17, 15) is 0 Å². The normalized spacial score (nSPS) is 22.3. The molecule has 1 aliphatic heterocycles. The Morgan fingerprint density at radius 2 is 2.54 bits per heavy atom. The summed E-state index contributed by atoms with van der Waals surface area (Å²) in [6.07, 6.45) is 10.5. The zero-order valence-corrected chi connectivity index (χ0v) is 8.55. The van der Waals surface area contributed by atoms with Crippen LogP contribution in [0.1, 0.15) is 6.92 Å². The average Bonchev–Trinajstić information content (AvgIpc) is 2.16. The number of rotatable bonds is 4. The van der Waals surface area contributed by atoms with Crippen LogP contribution < -0.4 is 5.32 Å². The Morgan fingerprint density at radius 1 is 1.69 bits per heavy atom. The first-order valence-corrected chi connectivity index (χ1v) is 5.23. The van der Waals surface area contributed by atoms with E-state index in [1.54, 1.807) is 0 Å². The molecule has 2 N–H and O–H groups in total. The number of aliphatic hydroxyl groups excluding tert-OH is 1. The fraction of sp³-hybridized carbons (Fsp3) is 0.400. The third-order valence-corrected chi connectivity index (χ3v) is 2.83. The molecule has 0 radical (unpaired) electrons. The van der Waals surface area contributed by atoms with Crippen LogP contribution in [0, 0.1) is 0 Å². The van der Waals surface area contributed by atoms with Gasteiger partial charge in [0.2, 0.25) is 0 Å². The lowest BCUT2D eigenvalue weighted by atomic mass is 10.3. The van der Waals surface area contributed by atoms with E-state index in [1.807, 2.05) is 18.7 Å². The smallest absolute Gasteiger partial charge is 0.0934 e. The van der Waals surface area contributed by atoms with Gasteiger partial charge in [0.1, 0.15) is 0 Å². The lowest BCUT2D eigenvalue weighted by molar-refractivity contribution is 0.267. The summed E-state index contributed by atoms with van der Waals surface area (Å²) in [7, 11) is 0. The minimum absolute atomic E-state index is 0.0376. The third kappa shape index (κ3) is 3.81. The lowest BCUT2D eigenvalue weighted by Gasteiger charge is -2.14. The van der Waals surface area contributed by atoms with Gasteiger partial charge in [-0.05, 0) is 11.8 Å². The zero-order valence-electron chi connectivity index (χ0n) is 7.73. The van der Waals surface area contributed by atoms with Gasteiger partial charge < -0.3 is 5.11 Å². The van der Waals surface area contributed by atoms with E-state index >= 15 is 0 Å². The number of hydrogen-bond acceptors (Lipinski definition) is 3. The van der Waals surface area contributed by atoms with E-state index < -0.39 is 0 Å². The van der Waals surface area contributed by atoms with Gasteiger partial charge in [-0.1, -0.05) is 30.4 Å². The molecule has 13 heavy (non-hydrogen) atoms. The summed E-state index contributed by atoms with van der Waals surface area (Å²) in [5.74, 6) is 0. The molecule has 1 rings (SSSR count). The van der Waals surface area contributed by atoms with E-state index in [0.29, 0.717) is 5.25 Å². The van der Waals surface area contributed by atoms with Gasteiger partial charge in [-0.15, -0.1) is 11.8 Å². The molecular weight excluding hydrogens is 182 g/mol. The Morgan fingerprint density at radius 3 is 3.23 bits per heavy atom. The molecule has 0 amide bonds. The summed E-state index contributed by atoms with van der Waals surface area (Å²) in [6, 6.07) is 0. The molecule has 72 valence electrons. The molecular formula is C10H15NOS. The van der Waals surface area contributed by atoms with Crippen LogP contribution >= 0.6 is 11.8 Å². The molecule has 3 heteroatoms. The van der Waals surface area contributed by atoms with Gasteiger partial charge >= 0.3 is 0 Å². The van der Waals surface area contributed by atoms with Crippen molar-refractivity contribution in [2.24, 2.45) is 0 Å². The van der Waals surface area contributed by atoms with Crippen LogP contribution in [-0.4, -0.2) is 23.6 Å². The maximum Gasteiger partial charge on any atom is 0.0934 e. The van der Waals surface area contributed by atoms with Gasteiger partial charge in [0.15, 0.2) is 0 Å². The average molecular weight is 197 g/mol. The first kappa shape index (κ1) is 10.6. The Bertz CT molecular complexity index is 233. The van der Waals surface area contributed by atoms with Crippen LogP contribution in [0.4, 0.5) is 0 Å². The minimum atomic E-state index is 0.0376. The highest BCUT2D eigenvalue weighted by molar-refractivity contribution is 8.04. The summed E-state index contributed by atoms with van der Waals surface area (Å²) < 4.78 is 0. The Balaban J connectivity index is 2.41. The summed E-state index contributed by atoms with van der Waals surface area (Å²) in [5.41, 5.74) is 0. The summed E-state index contributed by atoms with van der Waals surface area (Å²) in [6.45, 7) is 2.81. The number of hydrogen-bond donors (Lipinski definition) is 2. The van der Waals surface area contributed by atoms with Crippen LogP contribution in [0.25, 0.3) is 0 Å². The minimum Gasteiger partial charge on any atom is -0.381 e. The maximum absolute atomic E-state index is 8.59. The Hall–Kier alpha value is -0.510. The highest BCUT2D eigenvalue weighted by Gasteiger charge is 2.07. The van der Waals surface area contributed by atoms with Crippen LogP contribution in [0.15, 0.2) is 35.3 Å². The van der Waals surface area contributed by atoms with Gasteiger partial charge in [0.25, 0.3) is 0 Å². The molecule has 1 aliphatic rings. The lowest BCUT2D eigenvalue weighted by Crippen LogP contribution is -2.18. The van der Waals surface area contributed by atoms with Crippen molar-refractivity contribution in [1.29, 1.82) is 0 Å². The summed E-state index contributed by atoms with van der Waals surface area (Å²) in [5, 5.41) is 11.9. The van der Waals surface area contributed by atoms with Gasteiger partial charge in [-0.2, -0.15) is 0 Å². The molecule has 2 nitrogen and oxygen atoms in total. The molecule has 0 fully saturated rings. The van der Waals surface area contributed by atoms with Crippen molar-refractivity contribution in [1.82, 2.24) is 5.32 Å². The molecule has 0 spiro atoms.